The summed E-state index contributed by atoms with van der Waals surface area (Å²) in [5, 5.41) is 20.0. The zero-order chi connectivity index (χ0) is 12.3. The Morgan fingerprint density at radius 2 is 2.00 bits per heavy atom. The summed E-state index contributed by atoms with van der Waals surface area (Å²) >= 11 is 0. The Labute approximate surface area is 92.9 Å². The average molecular weight is 226 g/mol. The van der Waals surface area contributed by atoms with Gasteiger partial charge in [-0.2, -0.15) is 0 Å². The first kappa shape index (κ1) is 12.3. The Kier molecular flexibility index (Phi) is 3.38. The standard InChI is InChI=1S/C9H14N4O3/c1-9(2,14)6-12(3)8-10-4-7(5-11-8)13(15)16/h4-5,14H,6H2,1-3H3. The van der Waals surface area contributed by atoms with E-state index in [1.54, 1.807) is 25.8 Å². The third kappa shape index (κ3) is 3.43. The van der Waals surface area contributed by atoms with Crippen molar-refractivity contribution in [3.8, 4) is 0 Å². The lowest BCUT2D eigenvalue weighted by Crippen LogP contribution is -2.37. The van der Waals surface area contributed by atoms with Crippen LogP contribution in [-0.2, 0) is 0 Å². The zero-order valence-corrected chi connectivity index (χ0v) is 9.41. The zero-order valence-electron chi connectivity index (χ0n) is 9.41. The second kappa shape index (κ2) is 4.40. The number of hydrogen-bond donors (Lipinski definition) is 1. The van der Waals surface area contributed by atoms with Gasteiger partial charge in [0.2, 0.25) is 5.95 Å². The fourth-order valence-corrected chi connectivity index (χ4v) is 1.26. The van der Waals surface area contributed by atoms with Crippen LogP contribution in [0.4, 0.5) is 11.6 Å². The highest BCUT2D eigenvalue weighted by Gasteiger charge is 2.18. The van der Waals surface area contributed by atoms with Crippen LogP contribution in [0.3, 0.4) is 0 Å². The van der Waals surface area contributed by atoms with Crippen LogP contribution in [0.15, 0.2) is 12.4 Å². The topological polar surface area (TPSA) is 92.4 Å². The minimum absolute atomic E-state index is 0.152. The van der Waals surface area contributed by atoms with Crippen molar-refractivity contribution in [2.45, 2.75) is 19.4 Å². The average Bonchev–Trinajstić information content (AvgIpc) is 2.15. The van der Waals surface area contributed by atoms with Crippen LogP contribution in [0.1, 0.15) is 13.8 Å². The molecule has 16 heavy (non-hydrogen) atoms. The largest absolute Gasteiger partial charge is 0.389 e. The molecule has 0 aliphatic carbocycles. The summed E-state index contributed by atoms with van der Waals surface area (Å²) in [6, 6.07) is 0. The van der Waals surface area contributed by atoms with Crippen LogP contribution in [0.2, 0.25) is 0 Å². The number of hydrogen-bond acceptors (Lipinski definition) is 6. The first-order valence-electron chi connectivity index (χ1n) is 4.69. The maximum atomic E-state index is 10.4. The SMILES string of the molecule is CN(CC(C)(C)O)c1ncc([N+](=O)[O-])cn1. The molecule has 0 aliphatic heterocycles. The third-order valence-corrected chi connectivity index (χ3v) is 1.80. The van der Waals surface area contributed by atoms with Crippen molar-refractivity contribution >= 4 is 11.6 Å². The number of aliphatic hydroxyl groups is 1. The van der Waals surface area contributed by atoms with E-state index >= 15 is 0 Å². The van der Waals surface area contributed by atoms with Crippen molar-refractivity contribution < 1.29 is 10.0 Å². The molecule has 7 heteroatoms. The van der Waals surface area contributed by atoms with Gasteiger partial charge >= 0.3 is 5.69 Å². The molecule has 1 N–H and O–H groups in total. The Balaban J connectivity index is 2.78. The van der Waals surface area contributed by atoms with E-state index in [2.05, 4.69) is 9.97 Å². The van der Waals surface area contributed by atoms with Gasteiger partial charge in [-0.1, -0.05) is 0 Å². The summed E-state index contributed by atoms with van der Waals surface area (Å²) in [6.45, 7) is 3.66. The Hall–Kier alpha value is -1.76. The van der Waals surface area contributed by atoms with Crippen molar-refractivity contribution in [2.24, 2.45) is 0 Å². The molecule has 0 unspecified atom stereocenters. The number of aromatic nitrogens is 2. The van der Waals surface area contributed by atoms with Crippen molar-refractivity contribution in [2.75, 3.05) is 18.5 Å². The maximum absolute atomic E-state index is 10.4. The summed E-state index contributed by atoms with van der Waals surface area (Å²) in [6.07, 6.45) is 2.28. The van der Waals surface area contributed by atoms with E-state index in [9.17, 15) is 15.2 Å². The second-order valence-electron chi connectivity index (χ2n) is 4.17. The number of rotatable bonds is 4. The number of likely N-dealkylation sites (N-methyl/N-ethyl adjacent to an activating group) is 1. The van der Waals surface area contributed by atoms with E-state index < -0.39 is 10.5 Å². The minimum atomic E-state index is -0.875. The van der Waals surface area contributed by atoms with Crippen molar-refractivity contribution in [1.82, 2.24) is 9.97 Å². The number of nitrogens with zero attached hydrogens (tertiary/aromatic N) is 4. The van der Waals surface area contributed by atoms with E-state index in [0.717, 1.165) is 12.4 Å². The highest BCUT2D eigenvalue weighted by Crippen LogP contribution is 2.13. The lowest BCUT2D eigenvalue weighted by atomic mass is 10.1. The molecule has 7 nitrogen and oxygen atoms in total. The van der Waals surface area contributed by atoms with Gasteiger partial charge in [0, 0.05) is 13.6 Å². The summed E-state index contributed by atoms with van der Waals surface area (Å²) in [5.41, 5.74) is -1.03. The normalized spacial score (nSPS) is 11.2. The van der Waals surface area contributed by atoms with E-state index in [1.807, 2.05) is 0 Å². The van der Waals surface area contributed by atoms with Crippen molar-refractivity contribution in [1.29, 1.82) is 0 Å². The summed E-state index contributed by atoms with van der Waals surface area (Å²) < 4.78 is 0. The highest BCUT2D eigenvalue weighted by molar-refractivity contribution is 5.33. The third-order valence-electron chi connectivity index (χ3n) is 1.80. The summed E-state index contributed by atoms with van der Waals surface area (Å²) in [5.74, 6) is 0.340. The maximum Gasteiger partial charge on any atom is 0.305 e. The molecule has 0 atom stereocenters. The van der Waals surface area contributed by atoms with E-state index in [0.29, 0.717) is 12.5 Å². The van der Waals surface area contributed by atoms with Crippen LogP contribution in [-0.4, -0.2) is 39.2 Å². The van der Waals surface area contributed by atoms with Gasteiger partial charge in [-0.3, -0.25) is 10.1 Å². The molecule has 88 valence electrons. The van der Waals surface area contributed by atoms with Gasteiger partial charge in [0.05, 0.1) is 10.5 Å². The minimum Gasteiger partial charge on any atom is -0.389 e. The van der Waals surface area contributed by atoms with E-state index in [-0.39, 0.29) is 5.69 Å². The molecule has 0 spiro atoms. The van der Waals surface area contributed by atoms with Gasteiger partial charge in [-0.05, 0) is 13.8 Å². The Morgan fingerprint density at radius 1 is 1.50 bits per heavy atom. The summed E-state index contributed by atoms with van der Waals surface area (Å²) in [4.78, 5) is 19.1. The molecule has 0 aromatic carbocycles. The lowest BCUT2D eigenvalue weighted by Gasteiger charge is -2.25. The Morgan fingerprint density at radius 3 is 2.38 bits per heavy atom. The highest BCUT2D eigenvalue weighted by atomic mass is 16.6. The molecule has 0 saturated carbocycles. The Bertz CT molecular complexity index is 371. The molecule has 0 bridgehead atoms. The van der Waals surface area contributed by atoms with E-state index in [4.69, 9.17) is 0 Å². The molecule has 0 amide bonds. The van der Waals surface area contributed by atoms with Gasteiger partial charge in [0.25, 0.3) is 0 Å². The van der Waals surface area contributed by atoms with Crippen molar-refractivity contribution in [3.05, 3.63) is 22.5 Å². The van der Waals surface area contributed by atoms with Crippen LogP contribution < -0.4 is 4.90 Å². The number of anilines is 1. The van der Waals surface area contributed by atoms with E-state index in [1.165, 1.54) is 0 Å². The van der Waals surface area contributed by atoms with Crippen LogP contribution >= 0.6 is 0 Å². The fourth-order valence-electron chi connectivity index (χ4n) is 1.26. The molecule has 1 rings (SSSR count). The first-order chi connectivity index (χ1) is 7.29. The molecule has 0 fully saturated rings. The molecule has 0 saturated heterocycles. The fraction of sp³-hybridized carbons (Fsp3) is 0.556. The molecular weight excluding hydrogens is 212 g/mol. The predicted molar refractivity (Wildman–Crippen MR) is 58.3 cm³/mol. The summed E-state index contributed by atoms with van der Waals surface area (Å²) in [7, 11) is 1.71. The smallest absolute Gasteiger partial charge is 0.305 e. The quantitative estimate of drug-likeness (QED) is 0.596. The molecule has 1 heterocycles. The van der Waals surface area contributed by atoms with Crippen LogP contribution in [0, 0.1) is 10.1 Å². The van der Waals surface area contributed by atoms with Gasteiger partial charge in [0.15, 0.2) is 0 Å². The molecule has 1 aromatic rings. The van der Waals surface area contributed by atoms with Crippen LogP contribution in [0.5, 0.6) is 0 Å². The number of nitro groups is 1. The molecular formula is C9H14N4O3. The molecule has 0 radical (unpaired) electrons. The van der Waals surface area contributed by atoms with Gasteiger partial charge in [0.1, 0.15) is 12.4 Å². The van der Waals surface area contributed by atoms with Crippen LogP contribution in [0.25, 0.3) is 0 Å². The molecule has 1 aromatic heterocycles. The monoisotopic (exact) mass is 226 g/mol. The lowest BCUT2D eigenvalue weighted by molar-refractivity contribution is -0.385. The van der Waals surface area contributed by atoms with Gasteiger partial charge < -0.3 is 10.0 Å². The van der Waals surface area contributed by atoms with Gasteiger partial charge in [-0.25, -0.2) is 9.97 Å². The first-order valence-corrected chi connectivity index (χ1v) is 4.69. The van der Waals surface area contributed by atoms with Gasteiger partial charge in [-0.15, -0.1) is 0 Å². The molecule has 0 aliphatic rings. The predicted octanol–water partition coefficient (Wildman–Crippen LogP) is 0.592. The second-order valence-corrected chi connectivity index (χ2v) is 4.17. The van der Waals surface area contributed by atoms with Crippen molar-refractivity contribution in [3.63, 3.8) is 0 Å².